The third-order valence-corrected chi connectivity index (χ3v) is 5.51. The molecule has 0 spiro atoms. The third-order valence-electron chi connectivity index (χ3n) is 5.51. The first-order valence-corrected chi connectivity index (χ1v) is 9.32. The smallest absolute Gasteiger partial charge is 0.225 e. The molecule has 1 aromatic rings. The van der Waals surface area contributed by atoms with Gasteiger partial charge in [-0.25, -0.2) is 9.97 Å². The fourth-order valence-electron chi connectivity index (χ4n) is 3.92. The van der Waals surface area contributed by atoms with Crippen molar-refractivity contribution in [2.24, 2.45) is 5.92 Å². The number of amides is 1. The highest BCUT2D eigenvalue weighted by Crippen LogP contribution is 2.28. The van der Waals surface area contributed by atoms with Crippen molar-refractivity contribution in [1.82, 2.24) is 14.9 Å². The molecule has 3 saturated heterocycles. The van der Waals surface area contributed by atoms with Gasteiger partial charge in [0.2, 0.25) is 5.91 Å². The van der Waals surface area contributed by atoms with Crippen LogP contribution in [0.3, 0.4) is 0 Å². The SMILES string of the molecule is O=C(C1CCN(c2cc([C@H]3CCOC3)ncn2)CC1)N1CCOCC1. The molecular formula is C18H26N4O3. The van der Waals surface area contributed by atoms with Crippen molar-refractivity contribution >= 4 is 11.7 Å². The predicted octanol–water partition coefficient (Wildman–Crippen LogP) is 1.06. The van der Waals surface area contributed by atoms with E-state index in [4.69, 9.17) is 9.47 Å². The fraction of sp³-hybridized carbons (Fsp3) is 0.722. The van der Waals surface area contributed by atoms with Gasteiger partial charge in [0.15, 0.2) is 0 Å². The Morgan fingerprint density at radius 2 is 1.80 bits per heavy atom. The minimum Gasteiger partial charge on any atom is -0.381 e. The molecule has 136 valence electrons. The second-order valence-electron chi connectivity index (χ2n) is 7.06. The molecule has 0 aliphatic carbocycles. The van der Waals surface area contributed by atoms with Crippen LogP contribution < -0.4 is 4.90 Å². The largest absolute Gasteiger partial charge is 0.381 e. The number of nitrogens with zero attached hydrogens (tertiary/aromatic N) is 4. The number of carbonyl (C=O) groups is 1. The Hall–Kier alpha value is -1.73. The van der Waals surface area contributed by atoms with Crippen molar-refractivity contribution in [3.05, 3.63) is 18.1 Å². The lowest BCUT2D eigenvalue weighted by molar-refractivity contribution is -0.140. The monoisotopic (exact) mass is 346 g/mol. The van der Waals surface area contributed by atoms with Gasteiger partial charge in [-0.05, 0) is 19.3 Å². The Balaban J connectivity index is 1.35. The minimum absolute atomic E-state index is 0.138. The first kappa shape index (κ1) is 16.7. The predicted molar refractivity (Wildman–Crippen MR) is 92.5 cm³/mol. The number of hydrogen-bond donors (Lipinski definition) is 0. The molecular weight excluding hydrogens is 320 g/mol. The summed E-state index contributed by atoms with van der Waals surface area (Å²) >= 11 is 0. The van der Waals surface area contributed by atoms with E-state index in [1.165, 1.54) is 0 Å². The maximum Gasteiger partial charge on any atom is 0.225 e. The summed E-state index contributed by atoms with van der Waals surface area (Å²) in [6.07, 6.45) is 4.48. The standard InChI is InChI=1S/C18H26N4O3/c23-18(22-6-9-24-10-7-22)14-1-4-21(5-2-14)17-11-16(19-13-20-17)15-3-8-25-12-15/h11,13-15H,1-10,12H2/t15-/m0/s1. The molecule has 3 fully saturated rings. The highest BCUT2D eigenvalue weighted by molar-refractivity contribution is 5.79. The zero-order chi connectivity index (χ0) is 17.1. The average molecular weight is 346 g/mol. The van der Waals surface area contributed by atoms with Gasteiger partial charge >= 0.3 is 0 Å². The quantitative estimate of drug-likeness (QED) is 0.815. The van der Waals surface area contributed by atoms with Crippen LogP contribution in [0.2, 0.25) is 0 Å². The molecule has 1 amide bonds. The third kappa shape index (κ3) is 3.77. The van der Waals surface area contributed by atoms with Gasteiger partial charge in [-0.3, -0.25) is 4.79 Å². The van der Waals surface area contributed by atoms with Crippen LogP contribution >= 0.6 is 0 Å². The van der Waals surface area contributed by atoms with Crippen LogP contribution in [0.25, 0.3) is 0 Å². The van der Waals surface area contributed by atoms with E-state index in [1.807, 2.05) is 4.90 Å². The zero-order valence-electron chi connectivity index (χ0n) is 14.6. The van der Waals surface area contributed by atoms with Crippen molar-refractivity contribution in [1.29, 1.82) is 0 Å². The van der Waals surface area contributed by atoms with Crippen molar-refractivity contribution in [2.45, 2.75) is 25.2 Å². The van der Waals surface area contributed by atoms with Gasteiger partial charge in [0.05, 0.1) is 25.5 Å². The van der Waals surface area contributed by atoms with E-state index in [0.29, 0.717) is 25.0 Å². The maximum absolute atomic E-state index is 12.6. The molecule has 0 radical (unpaired) electrons. The van der Waals surface area contributed by atoms with E-state index >= 15 is 0 Å². The Kier molecular flexibility index (Phi) is 5.12. The van der Waals surface area contributed by atoms with Gasteiger partial charge in [0.1, 0.15) is 12.1 Å². The number of hydrogen-bond acceptors (Lipinski definition) is 6. The first-order chi connectivity index (χ1) is 12.3. The normalized spacial score (nSPS) is 25.4. The average Bonchev–Trinajstić information content (AvgIpc) is 3.23. The highest BCUT2D eigenvalue weighted by atomic mass is 16.5. The Labute approximate surface area is 148 Å². The topological polar surface area (TPSA) is 67.8 Å². The summed E-state index contributed by atoms with van der Waals surface area (Å²) < 4.78 is 10.8. The summed E-state index contributed by atoms with van der Waals surface area (Å²) in [5.74, 6) is 1.81. The van der Waals surface area contributed by atoms with E-state index in [9.17, 15) is 4.79 Å². The lowest BCUT2D eigenvalue weighted by atomic mass is 9.95. The first-order valence-electron chi connectivity index (χ1n) is 9.32. The van der Waals surface area contributed by atoms with Crippen molar-refractivity contribution < 1.29 is 14.3 Å². The molecule has 1 atom stereocenters. The van der Waals surface area contributed by atoms with E-state index in [0.717, 1.165) is 70.2 Å². The molecule has 0 saturated carbocycles. The molecule has 0 N–H and O–H groups in total. The van der Waals surface area contributed by atoms with Gasteiger partial charge in [-0.2, -0.15) is 0 Å². The summed E-state index contributed by atoms with van der Waals surface area (Å²) in [5, 5.41) is 0. The molecule has 4 rings (SSSR count). The maximum atomic E-state index is 12.6. The van der Waals surface area contributed by atoms with Gasteiger partial charge in [-0.15, -0.1) is 0 Å². The number of rotatable bonds is 3. The lowest BCUT2D eigenvalue weighted by Gasteiger charge is -2.36. The van der Waals surface area contributed by atoms with E-state index in [2.05, 4.69) is 20.9 Å². The van der Waals surface area contributed by atoms with Crippen LogP contribution in [-0.4, -0.2) is 73.4 Å². The minimum atomic E-state index is 0.138. The highest BCUT2D eigenvalue weighted by Gasteiger charge is 2.30. The number of morpholine rings is 1. The van der Waals surface area contributed by atoms with Crippen LogP contribution in [0.4, 0.5) is 5.82 Å². The van der Waals surface area contributed by atoms with Crippen LogP contribution in [-0.2, 0) is 14.3 Å². The molecule has 3 aliphatic rings. The van der Waals surface area contributed by atoms with Gasteiger partial charge in [0.25, 0.3) is 0 Å². The van der Waals surface area contributed by atoms with Crippen LogP contribution in [0, 0.1) is 5.92 Å². The molecule has 1 aromatic heterocycles. The summed E-state index contributed by atoms with van der Waals surface area (Å²) in [5.41, 5.74) is 1.08. The molecule has 0 unspecified atom stereocenters. The lowest BCUT2D eigenvalue weighted by Crippen LogP contribution is -2.47. The second-order valence-corrected chi connectivity index (χ2v) is 7.06. The van der Waals surface area contributed by atoms with Crippen LogP contribution in [0.1, 0.15) is 30.9 Å². The van der Waals surface area contributed by atoms with E-state index in [1.54, 1.807) is 6.33 Å². The van der Waals surface area contributed by atoms with Crippen molar-refractivity contribution in [3.8, 4) is 0 Å². The summed E-state index contributed by atoms with van der Waals surface area (Å²) in [4.78, 5) is 25.8. The number of aromatic nitrogens is 2. The molecule has 4 heterocycles. The molecule has 0 aromatic carbocycles. The second kappa shape index (κ2) is 7.66. The Morgan fingerprint density at radius 3 is 2.52 bits per heavy atom. The van der Waals surface area contributed by atoms with E-state index < -0.39 is 0 Å². The summed E-state index contributed by atoms with van der Waals surface area (Å²) in [6.45, 7) is 6.12. The molecule has 25 heavy (non-hydrogen) atoms. The van der Waals surface area contributed by atoms with E-state index in [-0.39, 0.29) is 5.92 Å². The fourth-order valence-corrected chi connectivity index (χ4v) is 3.92. The number of piperidine rings is 1. The number of ether oxygens (including phenoxy) is 2. The summed E-state index contributed by atoms with van der Waals surface area (Å²) in [7, 11) is 0. The Bertz CT molecular complexity index is 592. The van der Waals surface area contributed by atoms with Crippen molar-refractivity contribution in [3.63, 3.8) is 0 Å². The molecule has 7 nitrogen and oxygen atoms in total. The number of anilines is 1. The molecule has 3 aliphatic heterocycles. The van der Waals surface area contributed by atoms with Gasteiger partial charge in [0, 0.05) is 50.7 Å². The van der Waals surface area contributed by atoms with Crippen molar-refractivity contribution in [2.75, 3.05) is 57.5 Å². The molecule has 7 heteroatoms. The molecule has 0 bridgehead atoms. The number of carbonyl (C=O) groups excluding carboxylic acids is 1. The zero-order valence-corrected chi connectivity index (χ0v) is 14.6. The van der Waals surface area contributed by atoms with Gasteiger partial charge in [-0.1, -0.05) is 0 Å². The Morgan fingerprint density at radius 1 is 1.00 bits per heavy atom. The van der Waals surface area contributed by atoms with Crippen LogP contribution in [0.5, 0.6) is 0 Å². The van der Waals surface area contributed by atoms with Crippen LogP contribution in [0.15, 0.2) is 12.4 Å². The van der Waals surface area contributed by atoms with Gasteiger partial charge < -0.3 is 19.3 Å². The summed E-state index contributed by atoms with van der Waals surface area (Å²) in [6, 6.07) is 2.10.